The van der Waals surface area contributed by atoms with Crippen molar-refractivity contribution in [3.63, 3.8) is 0 Å². The lowest BCUT2D eigenvalue weighted by Crippen LogP contribution is -2.16. The van der Waals surface area contributed by atoms with Crippen LogP contribution in [0.4, 0.5) is 23.2 Å². The monoisotopic (exact) mass is 480 g/mol. The molecule has 12 heteroatoms. The molecule has 0 bridgehead atoms. The zero-order valence-electron chi connectivity index (χ0n) is 17.6. The summed E-state index contributed by atoms with van der Waals surface area (Å²) in [5, 5.41) is 10.5. The minimum absolute atomic E-state index is 0.0809. The average Bonchev–Trinajstić information content (AvgIpc) is 3.20. The molecule has 172 valence electrons. The molecule has 0 spiro atoms. The number of rotatable bonds is 4. The number of hydrogen-bond acceptors (Lipinski definition) is 4. The third-order valence-corrected chi connectivity index (χ3v) is 5.38. The Kier molecular flexibility index (Phi) is 5.61. The van der Waals surface area contributed by atoms with E-state index in [1.807, 2.05) is 0 Å². The molecule has 3 aromatic heterocycles. The third-order valence-electron chi connectivity index (χ3n) is 5.03. The van der Waals surface area contributed by atoms with Crippen LogP contribution in [-0.2, 0) is 12.7 Å². The zero-order chi connectivity index (χ0) is 24.1. The van der Waals surface area contributed by atoms with Gasteiger partial charge >= 0.3 is 6.18 Å². The molecule has 0 saturated heterocycles. The second kappa shape index (κ2) is 8.14. The summed E-state index contributed by atoms with van der Waals surface area (Å²) >= 11 is 6.19. The fourth-order valence-corrected chi connectivity index (χ4v) is 3.67. The van der Waals surface area contributed by atoms with Crippen LogP contribution in [0.15, 0.2) is 30.3 Å². The number of aromatic nitrogens is 5. The molecule has 1 amide bonds. The molecule has 3 heterocycles. The van der Waals surface area contributed by atoms with E-state index >= 15 is 0 Å². The Balaban J connectivity index is 1.67. The van der Waals surface area contributed by atoms with Crippen molar-refractivity contribution in [3.8, 4) is 0 Å². The number of carbonyl (C=O) groups is 1. The van der Waals surface area contributed by atoms with Gasteiger partial charge in [-0.25, -0.2) is 13.9 Å². The lowest BCUT2D eigenvalue weighted by atomic mass is 10.2. The smallest absolute Gasteiger partial charge is 0.317 e. The van der Waals surface area contributed by atoms with Crippen LogP contribution in [0.25, 0.3) is 5.65 Å². The Hall–Kier alpha value is -3.47. The second-order valence-corrected chi connectivity index (χ2v) is 7.84. The molecule has 0 atom stereocenters. The highest BCUT2D eigenvalue weighted by Crippen LogP contribution is 2.32. The maximum Gasteiger partial charge on any atom is 0.433 e. The van der Waals surface area contributed by atoms with Gasteiger partial charge in [-0.1, -0.05) is 23.7 Å². The number of halogens is 5. The summed E-state index contributed by atoms with van der Waals surface area (Å²) in [6.45, 7) is 5.11. The quantitative estimate of drug-likeness (QED) is 0.419. The van der Waals surface area contributed by atoms with E-state index in [1.54, 1.807) is 30.7 Å². The summed E-state index contributed by atoms with van der Waals surface area (Å²) in [5.74, 6) is -1.16. The predicted octanol–water partition coefficient (Wildman–Crippen LogP) is 4.96. The summed E-state index contributed by atoms with van der Waals surface area (Å²) in [7, 11) is 0. The van der Waals surface area contributed by atoms with Gasteiger partial charge in [-0.05, 0) is 44.5 Å². The van der Waals surface area contributed by atoms with Gasteiger partial charge in [-0.15, -0.1) is 0 Å². The van der Waals surface area contributed by atoms with Gasteiger partial charge in [0.1, 0.15) is 16.5 Å². The Morgan fingerprint density at radius 2 is 1.79 bits per heavy atom. The first-order valence-electron chi connectivity index (χ1n) is 9.68. The van der Waals surface area contributed by atoms with Crippen molar-refractivity contribution in [2.75, 3.05) is 5.32 Å². The van der Waals surface area contributed by atoms with Crippen LogP contribution in [0.5, 0.6) is 0 Å². The Morgan fingerprint density at radius 1 is 1.12 bits per heavy atom. The molecule has 0 aliphatic heterocycles. The number of anilines is 1. The number of nitrogens with one attached hydrogen (secondary N) is 1. The first kappa shape index (κ1) is 22.7. The van der Waals surface area contributed by atoms with Crippen LogP contribution in [0.1, 0.15) is 38.8 Å². The fourth-order valence-electron chi connectivity index (χ4n) is 3.43. The Labute approximate surface area is 190 Å². The number of hydrogen-bond donors (Lipinski definition) is 1. The van der Waals surface area contributed by atoms with E-state index in [9.17, 15) is 22.4 Å². The summed E-state index contributed by atoms with van der Waals surface area (Å²) in [6.07, 6.45) is -4.72. The fraction of sp³-hybridized carbons (Fsp3) is 0.238. The van der Waals surface area contributed by atoms with Crippen molar-refractivity contribution in [1.82, 2.24) is 24.4 Å². The van der Waals surface area contributed by atoms with Gasteiger partial charge in [0, 0.05) is 5.69 Å². The molecule has 0 aliphatic rings. The van der Waals surface area contributed by atoms with Gasteiger partial charge in [-0.2, -0.15) is 23.4 Å². The average molecular weight is 481 g/mol. The van der Waals surface area contributed by atoms with Crippen molar-refractivity contribution >= 4 is 28.8 Å². The topological polar surface area (TPSA) is 77.1 Å². The molecule has 1 aromatic carbocycles. The van der Waals surface area contributed by atoms with E-state index < -0.39 is 23.5 Å². The van der Waals surface area contributed by atoms with E-state index in [4.69, 9.17) is 11.6 Å². The van der Waals surface area contributed by atoms with Gasteiger partial charge in [-0.3, -0.25) is 9.48 Å². The highest BCUT2D eigenvalue weighted by Gasteiger charge is 2.36. The van der Waals surface area contributed by atoms with E-state index in [2.05, 4.69) is 20.5 Å². The molecular formula is C21H17ClF4N6O. The summed E-state index contributed by atoms with van der Waals surface area (Å²) in [4.78, 5) is 16.9. The number of fused-ring (bicyclic) bond motifs is 1. The van der Waals surface area contributed by atoms with Crippen LogP contribution in [-0.4, -0.2) is 30.3 Å². The number of benzene rings is 1. The van der Waals surface area contributed by atoms with E-state index in [0.29, 0.717) is 28.1 Å². The minimum Gasteiger partial charge on any atom is -0.317 e. The minimum atomic E-state index is -4.72. The maximum atomic E-state index is 13.4. The van der Waals surface area contributed by atoms with Gasteiger partial charge < -0.3 is 5.32 Å². The van der Waals surface area contributed by atoms with Crippen molar-refractivity contribution in [2.24, 2.45) is 0 Å². The SMILES string of the molecule is Cc1cc(C(F)(F)F)n2nc(C(=O)Nc3c(C)nn(Cc4ccc(F)cc4)c3C)c(Cl)c2n1. The van der Waals surface area contributed by atoms with E-state index in [-0.39, 0.29) is 22.2 Å². The molecule has 4 rings (SSSR count). The number of nitrogens with zero attached hydrogens (tertiary/aromatic N) is 5. The van der Waals surface area contributed by atoms with Gasteiger partial charge in [0.05, 0.1) is 23.6 Å². The lowest BCUT2D eigenvalue weighted by Gasteiger charge is -2.09. The van der Waals surface area contributed by atoms with Crippen LogP contribution in [0.3, 0.4) is 0 Å². The van der Waals surface area contributed by atoms with Crippen LogP contribution < -0.4 is 5.32 Å². The number of aryl methyl sites for hydroxylation is 2. The second-order valence-electron chi connectivity index (χ2n) is 7.46. The van der Waals surface area contributed by atoms with Crippen LogP contribution >= 0.6 is 11.6 Å². The van der Waals surface area contributed by atoms with Crippen molar-refractivity contribution < 1.29 is 22.4 Å². The molecule has 1 N–H and O–H groups in total. The van der Waals surface area contributed by atoms with Crippen LogP contribution in [0.2, 0.25) is 5.02 Å². The van der Waals surface area contributed by atoms with Crippen LogP contribution in [0, 0.1) is 26.6 Å². The molecule has 0 aliphatic carbocycles. The van der Waals surface area contributed by atoms with Crippen molar-refractivity contribution in [3.05, 3.63) is 75.2 Å². The molecule has 0 saturated carbocycles. The summed E-state index contributed by atoms with van der Waals surface area (Å²) in [5.41, 5.74) is 0.560. The Bertz CT molecular complexity index is 1370. The van der Waals surface area contributed by atoms with Crippen molar-refractivity contribution in [1.29, 1.82) is 0 Å². The van der Waals surface area contributed by atoms with E-state index in [1.165, 1.54) is 19.1 Å². The summed E-state index contributed by atoms with van der Waals surface area (Å²) in [6, 6.07) is 6.73. The van der Waals surface area contributed by atoms with Crippen molar-refractivity contribution in [2.45, 2.75) is 33.5 Å². The molecule has 0 fully saturated rings. The molecule has 33 heavy (non-hydrogen) atoms. The van der Waals surface area contributed by atoms with E-state index in [0.717, 1.165) is 11.6 Å². The Morgan fingerprint density at radius 3 is 2.42 bits per heavy atom. The molecular weight excluding hydrogens is 464 g/mol. The number of amides is 1. The highest BCUT2D eigenvalue weighted by atomic mass is 35.5. The standard InChI is InChI=1S/C21H17ClF4N6O/c1-10-8-15(21(24,25)26)32-19(27-10)16(22)18(30-32)20(33)28-17-11(2)29-31(12(17)3)9-13-4-6-14(23)7-5-13/h4-8H,9H2,1-3H3,(H,28,33). The number of alkyl halides is 3. The molecule has 7 nitrogen and oxygen atoms in total. The molecule has 0 unspecified atom stereocenters. The highest BCUT2D eigenvalue weighted by molar-refractivity contribution is 6.37. The summed E-state index contributed by atoms with van der Waals surface area (Å²) < 4.78 is 55.6. The first-order chi connectivity index (χ1) is 15.5. The zero-order valence-corrected chi connectivity index (χ0v) is 18.4. The van der Waals surface area contributed by atoms with Gasteiger partial charge in [0.25, 0.3) is 5.91 Å². The first-order valence-corrected chi connectivity index (χ1v) is 10.1. The normalized spacial score (nSPS) is 11.9. The molecule has 0 radical (unpaired) electrons. The number of carbonyl (C=O) groups excluding carboxylic acids is 1. The van der Waals surface area contributed by atoms with Gasteiger partial charge in [0.2, 0.25) is 0 Å². The lowest BCUT2D eigenvalue weighted by molar-refractivity contribution is -0.142. The maximum absolute atomic E-state index is 13.4. The molecule has 4 aromatic rings. The van der Waals surface area contributed by atoms with Gasteiger partial charge in [0.15, 0.2) is 11.3 Å². The predicted molar refractivity (Wildman–Crippen MR) is 113 cm³/mol. The largest absolute Gasteiger partial charge is 0.433 e. The third kappa shape index (κ3) is 4.28.